The van der Waals surface area contributed by atoms with Gasteiger partial charge in [0, 0.05) is 19.5 Å². The van der Waals surface area contributed by atoms with Gasteiger partial charge < -0.3 is 10.1 Å². The van der Waals surface area contributed by atoms with Crippen molar-refractivity contribution in [3.05, 3.63) is 28.8 Å². The maximum Gasteiger partial charge on any atom is 0.284 e. The summed E-state index contributed by atoms with van der Waals surface area (Å²) in [6, 6.07) is 2.14. The normalized spacial score (nSPS) is 29.4. The standard InChI is InChI=1S/C18H15F2N3O5/c19-18(20)10-3-8-9(16(27)23-15(8)26)4-11(10)28-17(5-21-6-17)13(18)7-1-2-12(24)22-14(7)25/h3-4,7,13,21H,1-2,5-6H2,(H,22,24,25)(H,23,26,27). The van der Waals surface area contributed by atoms with E-state index in [0.29, 0.717) is 0 Å². The number of halogens is 2. The van der Waals surface area contributed by atoms with Gasteiger partial charge in [0.1, 0.15) is 11.4 Å². The lowest BCUT2D eigenvalue weighted by atomic mass is 9.65. The summed E-state index contributed by atoms with van der Waals surface area (Å²) in [5, 5.41) is 7.12. The maximum atomic E-state index is 15.7. The number of rotatable bonds is 1. The first kappa shape index (κ1) is 17.2. The van der Waals surface area contributed by atoms with Crippen LogP contribution in [0.1, 0.15) is 39.1 Å². The number of benzene rings is 1. The minimum Gasteiger partial charge on any atom is -0.483 e. The molecule has 0 aliphatic carbocycles. The van der Waals surface area contributed by atoms with E-state index in [1.807, 2.05) is 0 Å². The highest BCUT2D eigenvalue weighted by atomic mass is 19.3. The van der Waals surface area contributed by atoms with Gasteiger partial charge in [0.2, 0.25) is 11.8 Å². The lowest BCUT2D eigenvalue weighted by Gasteiger charge is -2.55. The van der Waals surface area contributed by atoms with Crippen molar-refractivity contribution in [3.8, 4) is 5.75 Å². The molecule has 146 valence electrons. The van der Waals surface area contributed by atoms with Crippen molar-refractivity contribution in [2.45, 2.75) is 24.4 Å². The first-order valence-electron chi connectivity index (χ1n) is 8.88. The molecule has 2 saturated heterocycles. The van der Waals surface area contributed by atoms with E-state index < -0.39 is 52.6 Å². The smallest absolute Gasteiger partial charge is 0.284 e. The number of imide groups is 2. The van der Waals surface area contributed by atoms with Crippen LogP contribution in [0.4, 0.5) is 8.78 Å². The Morgan fingerprint density at radius 3 is 2.29 bits per heavy atom. The zero-order valence-electron chi connectivity index (χ0n) is 14.4. The SMILES string of the molecule is O=C1CCC(C2C3(CNC3)Oc3cc4c(cc3C2(F)F)C(=O)NC4=O)C(=O)N1. The Morgan fingerprint density at radius 1 is 1.00 bits per heavy atom. The second-order valence-electron chi connectivity index (χ2n) is 7.61. The van der Waals surface area contributed by atoms with E-state index in [4.69, 9.17) is 4.74 Å². The molecule has 1 spiro atoms. The molecule has 4 aliphatic rings. The Morgan fingerprint density at radius 2 is 1.68 bits per heavy atom. The van der Waals surface area contributed by atoms with Crippen LogP contribution in [0.5, 0.6) is 5.75 Å². The molecule has 5 rings (SSSR count). The molecular weight excluding hydrogens is 376 g/mol. The molecule has 8 nitrogen and oxygen atoms in total. The number of hydrogen-bond acceptors (Lipinski definition) is 6. The van der Waals surface area contributed by atoms with Crippen LogP contribution < -0.4 is 20.7 Å². The van der Waals surface area contributed by atoms with E-state index >= 15 is 8.78 Å². The summed E-state index contributed by atoms with van der Waals surface area (Å²) in [7, 11) is 0. The predicted octanol–water partition coefficient (Wildman–Crippen LogP) is 0.0654. The number of piperidine rings is 1. The van der Waals surface area contributed by atoms with Crippen LogP contribution in [0.25, 0.3) is 0 Å². The number of fused-ring (bicyclic) bond motifs is 2. The van der Waals surface area contributed by atoms with Crippen LogP contribution >= 0.6 is 0 Å². The topological polar surface area (TPSA) is 114 Å². The van der Waals surface area contributed by atoms with E-state index in [0.717, 1.165) is 6.07 Å². The van der Waals surface area contributed by atoms with Gasteiger partial charge in [-0.15, -0.1) is 0 Å². The van der Waals surface area contributed by atoms with Crippen molar-refractivity contribution in [1.82, 2.24) is 16.0 Å². The lowest BCUT2D eigenvalue weighted by molar-refractivity contribution is -0.206. The van der Waals surface area contributed by atoms with Crippen molar-refractivity contribution in [2.75, 3.05) is 13.1 Å². The number of nitrogens with one attached hydrogen (secondary N) is 3. The third-order valence-electron chi connectivity index (χ3n) is 6.00. The summed E-state index contributed by atoms with van der Waals surface area (Å²) >= 11 is 0. The zero-order chi connectivity index (χ0) is 19.8. The Labute approximate surface area is 157 Å². The predicted molar refractivity (Wildman–Crippen MR) is 87.7 cm³/mol. The van der Waals surface area contributed by atoms with E-state index in [1.54, 1.807) is 0 Å². The van der Waals surface area contributed by atoms with Crippen LogP contribution in [-0.4, -0.2) is 42.3 Å². The monoisotopic (exact) mass is 391 g/mol. The summed E-state index contributed by atoms with van der Waals surface area (Å²) in [6.07, 6.45) is -0.0320. The highest BCUT2D eigenvalue weighted by Crippen LogP contribution is 2.56. The Kier molecular flexibility index (Phi) is 3.29. The van der Waals surface area contributed by atoms with Gasteiger partial charge in [-0.3, -0.25) is 29.8 Å². The minimum atomic E-state index is -3.50. The molecule has 10 heteroatoms. The van der Waals surface area contributed by atoms with Gasteiger partial charge in [-0.25, -0.2) is 8.78 Å². The summed E-state index contributed by atoms with van der Waals surface area (Å²) in [6.45, 7) is 0.208. The Bertz CT molecular complexity index is 972. The van der Waals surface area contributed by atoms with Crippen LogP contribution in [0, 0.1) is 11.8 Å². The summed E-state index contributed by atoms with van der Waals surface area (Å²) in [5.74, 6) is -8.95. The van der Waals surface area contributed by atoms with Crippen molar-refractivity contribution < 1.29 is 32.7 Å². The molecular formula is C18H15F2N3O5. The first-order chi connectivity index (χ1) is 13.2. The molecule has 28 heavy (non-hydrogen) atoms. The van der Waals surface area contributed by atoms with Crippen LogP contribution in [-0.2, 0) is 15.5 Å². The molecule has 4 amide bonds. The van der Waals surface area contributed by atoms with Crippen molar-refractivity contribution in [1.29, 1.82) is 0 Å². The first-order valence-corrected chi connectivity index (χ1v) is 8.88. The maximum absolute atomic E-state index is 15.7. The molecule has 4 heterocycles. The van der Waals surface area contributed by atoms with E-state index in [-0.39, 0.29) is 42.8 Å². The number of hydrogen-bond donors (Lipinski definition) is 3. The van der Waals surface area contributed by atoms with E-state index in [9.17, 15) is 19.2 Å². The van der Waals surface area contributed by atoms with Gasteiger partial charge in [0.05, 0.1) is 28.5 Å². The van der Waals surface area contributed by atoms with Crippen molar-refractivity contribution >= 4 is 23.6 Å². The third kappa shape index (κ3) is 2.12. The molecule has 0 radical (unpaired) electrons. The van der Waals surface area contributed by atoms with Gasteiger partial charge in [-0.1, -0.05) is 0 Å². The fourth-order valence-corrected chi connectivity index (χ4v) is 4.63. The Hall–Kier alpha value is -2.88. The van der Waals surface area contributed by atoms with Gasteiger partial charge in [-0.2, -0.15) is 0 Å². The average Bonchev–Trinajstić information content (AvgIpc) is 2.87. The summed E-state index contributed by atoms with van der Waals surface area (Å²) in [5.41, 5.74) is -2.02. The fraction of sp³-hybridized carbons (Fsp3) is 0.444. The molecule has 1 aromatic rings. The van der Waals surface area contributed by atoms with E-state index in [2.05, 4.69) is 16.0 Å². The summed E-state index contributed by atoms with van der Waals surface area (Å²) < 4.78 is 37.4. The average molecular weight is 391 g/mol. The van der Waals surface area contributed by atoms with Crippen LogP contribution in [0.3, 0.4) is 0 Å². The van der Waals surface area contributed by atoms with Crippen LogP contribution in [0.2, 0.25) is 0 Å². The quantitative estimate of drug-likeness (QED) is 0.584. The van der Waals surface area contributed by atoms with Gasteiger partial charge in [-0.05, 0) is 18.6 Å². The largest absolute Gasteiger partial charge is 0.483 e. The van der Waals surface area contributed by atoms with Crippen LogP contribution in [0.15, 0.2) is 12.1 Å². The molecule has 2 fully saturated rings. The second kappa shape index (κ2) is 5.34. The number of ether oxygens (including phenoxy) is 1. The highest BCUT2D eigenvalue weighted by Gasteiger charge is 2.66. The molecule has 0 aromatic heterocycles. The van der Waals surface area contributed by atoms with Gasteiger partial charge in [0.15, 0.2) is 0 Å². The third-order valence-corrected chi connectivity index (χ3v) is 6.00. The number of amides is 4. The van der Waals surface area contributed by atoms with Gasteiger partial charge in [0.25, 0.3) is 17.7 Å². The number of alkyl halides is 2. The zero-order valence-corrected chi connectivity index (χ0v) is 14.4. The Balaban J connectivity index is 1.65. The highest BCUT2D eigenvalue weighted by molar-refractivity contribution is 6.21. The molecule has 0 bridgehead atoms. The van der Waals surface area contributed by atoms with Crippen molar-refractivity contribution in [2.24, 2.45) is 11.8 Å². The number of carbonyl (C=O) groups excluding carboxylic acids is 4. The molecule has 0 saturated carbocycles. The lowest BCUT2D eigenvalue weighted by Crippen LogP contribution is -2.73. The van der Waals surface area contributed by atoms with Crippen molar-refractivity contribution in [3.63, 3.8) is 0 Å². The fourth-order valence-electron chi connectivity index (χ4n) is 4.63. The molecule has 3 N–H and O–H groups in total. The second-order valence-corrected chi connectivity index (χ2v) is 7.61. The molecule has 1 aromatic carbocycles. The number of carbonyl (C=O) groups is 4. The van der Waals surface area contributed by atoms with Gasteiger partial charge >= 0.3 is 0 Å². The summed E-state index contributed by atoms with van der Waals surface area (Å²) in [4.78, 5) is 47.6. The minimum absolute atomic E-state index is 0.00468. The van der Waals surface area contributed by atoms with E-state index in [1.165, 1.54) is 6.07 Å². The molecule has 4 aliphatic heterocycles. The molecule has 2 atom stereocenters. The molecule has 2 unspecified atom stereocenters.